The number of halogens is 1. The van der Waals surface area contributed by atoms with Gasteiger partial charge in [-0.15, -0.1) is 16.4 Å². The van der Waals surface area contributed by atoms with Gasteiger partial charge in [-0.2, -0.15) is 5.10 Å². The summed E-state index contributed by atoms with van der Waals surface area (Å²) in [6, 6.07) is 0. The van der Waals surface area contributed by atoms with Crippen LogP contribution in [0, 0.1) is 18.3 Å². The Morgan fingerprint density at radius 3 is 2.71 bits per heavy atom. The SMILES string of the molecule is Cc1nn(C)c(-c2nc3c4c5c(sc4ncn3n2)C[C@H](C(C)(C)C)CC5)c1Cl. The zero-order valence-electron chi connectivity index (χ0n) is 16.7. The highest BCUT2D eigenvalue weighted by molar-refractivity contribution is 7.19. The number of hydrogen-bond acceptors (Lipinski definition) is 5. The van der Waals surface area contributed by atoms with E-state index in [-0.39, 0.29) is 0 Å². The van der Waals surface area contributed by atoms with Crippen molar-refractivity contribution in [3.05, 3.63) is 27.5 Å². The molecule has 6 nitrogen and oxygen atoms in total. The van der Waals surface area contributed by atoms with Gasteiger partial charge in [0.05, 0.1) is 16.1 Å². The number of nitrogens with zero attached hydrogens (tertiary/aromatic N) is 6. The van der Waals surface area contributed by atoms with Gasteiger partial charge in [0.2, 0.25) is 5.82 Å². The number of fused-ring (bicyclic) bond motifs is 5. The summed E-state index contributed by atoms with van der Waals surface area (Å²) in [7, 11) is 1.87. The van der Waals surface area contributed by atoms with Crippen molar-refractivity contribution in [2.45, 2.75) is 47.0 Å². The second kappa shape index (κ2) is 6.00. The molecule has 1 aliphatic rings. The predicted octanol–water partition coefficient (Wildman–Crippen LogP) is 4.85. The highest BCUT2D eigenvalue weighted by atomic mass is 35.5. The molecule has 0 N–H and O–H groups in total. The lowest BCUT2D eigenvalue weighted by molar-refractivity contribution is 0.218. The van der Waals surface area contributed by atoms with E-state index in [1.807, 2.05) is 25.3 Å². The monoisotopic (exact) mass is 414 g/mol. The van der Waals surface area contributed by atoms with Crippen molar-refractivity contribution in [3.63, 3.8) is 0 Å². The summed E-state index contributed by atoms with van der Waals surface area (Å²) >= 11 is 8.28. The number of thiophene rings is 1. The Bertz CT molecular complexity index is 1230. The third-order valence-corrected chi connectivity index (χ3v) is 7.59. The molecule has 0 radical (unpaired) electrons. The fourth-order valence-electron chi connectivity index (χ4n) is 4.29. The zero-order chi connectivity index (χ0) is 19.8. The number of aryl methyl sites for hydroxylation is 3. The minimum absolute atomic E-state index is 0.326. The Hall–Kier alpha value is -1.99. The van der Waals surface area contributed by atoms with Gasteiger partial charge in [-0.1, -0.05) is 32.4 Å². The molecule has 1 aliphatic carbocycles. The van der Waals surface area contributed by atoms with Crippen molar-refractivity contribution in [2.24, 2.45) is 18.4 Å². The first-order chi connectivity index (χ1) is 13.2. The Labute approximate surface area is 172 Å². The zero-order valence-corrected chi connectivity index (χ0v) is 18.3. The van der Waals surface area contributed by atoms with Gasteiger partial charge in [0, 0.05) is 11.9 Å². The summed E-state index contributed by atoms with van der Waals surface area (Å²) in [5.74, 6) is 1.29. The van der Waals surface area contributed by atoms with Gasteiger partial charge in [0.25, 0.3) is 0 Å². The van der Waals surface area contributed by atoms with Crippen LogP contribution >= 0.6 is 22.9 Å². The first-order valence-electron chi connectivity index (χ1n) is 9.59. The van der Waals surface area contributed by atoms with Crippen LogP contribution in [0.1, 0.15) is 43.3 Å². The molecule has 146 valence electrons. The summed E-state index contributed by atoms with van der Waals surface area (Å²) in [6.07, 6.45) is 5.16. The fourth-order valence-corrected chi connectivity index (χ4v) is 5.80. The van der Waals surface area contributed by atoms with Crippen LogP contribution in [-0.2, 0) is 19.9 Å². The number of aromatic nitrogens is 6. The van der Waals surface area contributed by atoms with Crippen LogP contribution in [0.3, 0.4) is 0 Å². The first-order valence-corrected chi connectivity index (χ1v) is 10.8. The Kier molecular flexibility index (Phi) is 3.87. The van der Waals surface area contributed by atoms with E-state index in [4.69, 9.17) is 16.6 Å². The summed E-state index contributed by atoms with van der Waals surface area (Å²) in [5, 5.41) is 10.8. The Morgan fingerprint density at radius 1 is 1.25 bits per heavy atom. The van der Waals surface area contributed by atoms with Crippen LogP contribution in [0.2, 0.25) is 5.02 Å². The van der Waals surface area contributed by atoms with Gasteiger partial charge >= 0.3 is 0 Å². The molecule has 0 aliphatic heterocycles. The van der Waals surface area contributed by atoms with E-state index in [1.54, 1.807) is 15.5 Å². The molecule has 28 heavy (non-hydrogen) atoms. The molecule has 0 bridgehead atoms. The molecule has 1 atom stereocenters. The second-order valence-corrected chi connectivity index (χ2v) is 10.3. The minimum Gasteiger partial charge on any atom is -0.263 e. The predicted molar refractivity (Wildman–Crippen MR) is 113 cm³/mol. The molecule has 4 heterocycles. The lowest BCUT2D eigenvalue weighted by atomic mass is 9.72. The quantitative estimate of drug-likeness (QED) is 0.446. The highest BCUT2D eigenvalue weighted by Crippen LogP contribution is 2.43. The van der Waals surface area contributed by atoms with Crippen LogP contribution in [0.5, 0.6) is 0 Å². The van der Waals surface area contributed by atoms with E-state index in [2.05, 4.69) is 36.0 Å². The molecule has 0 saturated heterocycles. The molecule has 0 amide bonds. The van der Waals surface area contributed by atoms with Crippen LogP contribution < -0.4 is 0 Å². The van der Waals surface area contributed by atoms with Crippen molar-refractivity contribution in [1.82, 2.24) is 29.4 Å². The van der Waals surface area contributed by atoms with Gasteiger partial charge in [-0.3, -0.25) is 4.68 Å². The molecule has 0 aromatic carbocycles. The molecular weight excluding hydrogens is 392 g/mol. The van der Waals surface area contributed by atoms with Gasteiger partial charge in [0.1, 0.15) is 16.9 Å². The lowest BCUT2D eigenvalue weighted by Gasteiger charge is -2.33. The van der Waals surface area contributed by atoms with E-state index in [9.17, 15) is 0 Å². The van der Waals surface area contributed by atoms with Crippen molar-refractivity contribution in [2.75, 3.05) is 0 Å². The third kappa shape index (κ3) is 2.59. The Morgan fingerprint density at radius 2 is 2.04 bits per heavy atom. The standard InChI is InChI=1S/C20H23ClN6S/c1-10-15(21)16(26(5)24-10)17-23-18-14-12-7-6-11(20(2,3)4)8-13(12)28-19(14)22-9-27(18)25-17/h9,11H,6-8H2,1-5H3/t11-/m1/s1. The molecule has 0 saturated carbocycles. The maximum atomic E-state index is 6.46. The average molecular weight is 415 g/mol. The third-order valence-electron chi connectivity index (χ3n) is 5.97. The van der Waals surface area contributed by atoms with Crippen LogP contribution in [0.4, 0.5) is 0 Å². The summed E-state index contributed by atoms with van der Waals surface area (Å²) in [5.41, 5.74) is 4.12. The number of hydrogen-bond donors (Lipinski definition) is 0. The highest BCUT2D eigenvalue weighted by Gasteiger charge is 2.32. The van der Waals surface area contributed by atoms with E-state index >= 15 is 0 Å². The summed E-state index contributed by atoms with van der Waals surface area (Å²) in [4.78, 5) is 12.1. The summed E-state index contributed by atoms with van der Waals surface area (Å²) < 4.78 is 3.52. The van der Waals surface area contributed by atoms with E-state index in [0.29, 0.717) is 22.2 Å². The van der Waals surface area contributed by atoms with E-state index < -0.39 is 0 Å². The number of rotatable bonds is 1. The first kappa shape index (κ1) is 18.1. The maximum absolute atomic E-state index is 6.46. The maximum Gasteiger partial charge on any atom is 0.202 e. The Balaban J connectivity index is 1.69. The molecular formula is C20H23ClN6S. The van der Waals surface area contributed by atoms with Crippen molar-refractivity contribution in [1.29, 1.82) is 0 Å². The summed E-state index contributed by atoms with van der Waals surface area (Å²) in [6.45, 7) is 8.92. The van der Waals surface area contributed by atoms with Gasteiger partial charge in [-0.05, 0) is 43.1 Å². The topological polar surface area (TPSA) is 60.9 Å². The molecule has 8 heteroatoms. The van der Waals surface area contributed by atoms with Crippen molar-refractivity contribution in [3.8, 4) is 11.5 Å². The van der Waals surface area contributed by atoms with E-state index in [0.717, 1.165) is 40.1 Å². The smallest absolute Gasteiger partial charge is 0.202 e. The normalized spacial score (nSPS) is 17.6. The van der Waals surface area contributed by atoms with E-state index in [1.165, 1.54) is 16.9 Å². The molecule has 0 unspecified atom stereocenters. The van der Waals surface area contributed by atoms with Gasteiger partial charge < -0.3 is 0 Å². The average Bonchev–Trinajstić information content (AvgIpc) is 3.26. The van der Waals surface area contributed by atoms with Crippen LogP contribution in [0.25, 0.3) is 27.4 Å². The second-order valence-electron chi connectivity index (χ2n) is 8.81. The minimum atomic E-state index is 0.326. The fraction of sp³-hybridized carbons (Fsp3) is 0.500. The lowest BCUT2D eigenvalue weighted by Crippen LogP contribution is -2.26. The van der Waals surface area contributed by atoms with Gasteiger partial charge in [0.15, 0.2) is 5.65 Å². The van der Waals surface area contributed by atoms with Crippen molar-refractivity contribution < 1.29 is 0 Å². The molecule has 4 aromatic rings. The molecule has 0 fully saturated rings. The van der Waals surface area contributed by atoms with Gasteiger partial charge in [-0.25, -0.2) is 14.5 Å². The van der Waals surface area contributed by atoms with Crippen molar-refractivity contribution >= 4 is 38.8 Å². The molecule has 0 spiro atoms. The molecule has 5 rings (SSSR count). The van der Waals surface area contributed by atoms with Crippen LogP contribution in [0.15, 0.2) is 6.33 Å². The van der Waals surface area contributed by atoms with Crippen LogP contribution in [-0.4, -0.2) is 29.4 Å². The molecule has 4 aromatic heterocycles. The largest absolute Gasteiger partial charge is 0.263 e.